The van der Waals surface area contributed by atoms with Crippen LogP contribution in [0.4, 0.5) is 9.18 Å². The van der Waals surface area contributed by atoms with Gasteiger partial charge in [-0.2, -0.15) is 0 Å². The Morgan fingerprint density at radius 3 is 2.53 bits per heavy atom. The Morgan fingerprint density at radius 2 is 1.78 bits per heavy atom. The Labute approximate surface area is 190 Å². The van der Waals surface area contributed by atoms with Crippen molar-refractivity contribution in [1.29, 1.82) is 0 Å². The highest BCUT2D eigenvalue weighted by molar-refractivity contribution is 8.03. The molecule has 2 atom stereocenters. The monoisotopic (exact) mass is 453 g/mol. The van der Waals surface area contributed by atoms with Gasteiger partial charge >= 0.3 is 6.03 Å². The molecule has 4 rings (SSSR count). The Kier molecular flexibility index (Phi) is 6.90. The second-order valence-electron chi connectivity index (χ2n) is 7.78. The Bertz CT molecular complexity index is 1010. The largest absolute Gasteiger partial charge is 0.355 e. The Hall–Kier alpha value is -3.13. The number of hydrogen-bond donors (Lipinski definition) is 1. The SMILES string of the molecule is O=C(CN1C(=O)N(Cc2ccc(F)cc2)C(=O)C2SC=CC21)NCCCc1ccccc1. The van der Waals surface area contributed by atoms with Crippen molar-refractivity contribution in [3.05, 3.63) is 83.0 Å². The molecule has 2 unspecified atom stereocenters. The molecule has 2 aliphatic heterocycles. The first-order valence-electron chi connectivity index (χ1n) is 10.5. The van der Waals surface area contributed by atoms with E-state index >= 15 is 0 Å². The molecular formula is C24H24FN3O3S. The average Bonchev–Trinajstić information content (AvgIpc) is 3.29. The molecule has 1 fully saturated rings. The number of nitrogens with zero attached hydrogens (tertiary/aromatic N) is 2. The van der Waals surface area contributed by atoms with Crippen molar-refractivity contribution in [2.45, 2.75) is 30.7 Å². The Morgan fingerprint density at radius 1 is 1.03 bits per heavy atom. The normalized spacial score (nSPS) is 19.9. The van der Waals surface area contributed by atoms with Crippen molar-refractivity contribution in [2.75, 3.05) is 13.1 Å². The fourth-order valence-corrected chi connectivity index (χ4v) is 4.92. The number of aryl methyl sites for hydroxylation is 1. The van der Waals surface area contributed by atoms with E-state index in [1.54, 1.807) is 23.6 Å². The lowest BCUT2D eigenvalue weighted by atomic mass is 10.1. The number of rotatable bonds is 8. The van der Waals surface area contributed by atoms with E-state index < -0.39 is 17.3 Å². The molecule has 2 aromatic rings. The van der Waals surface area contributed by atoms with E-state index in [1.165, 1.54) is 34.4 Å². The minimum atomic E-state index is -0.507. The molecule has 0 spiro atoms. The molecule has 0 saturated carbocycles. The highest BCUT2D eigenvalue weighted by Gasteiger charge is 2.47. The molecule has 2 aliphatic rings. The summed E-state index contributed by atoms with van der Waals surface area (Å²) in [5, 5.41) is 4.20. The van der Waals surface area contributed by atoms with E-state index in [1.807, 2.05) is 30.3 Å². The zero-order valence-corrected chi connectivity index (χ0v) is 18.3. The molecule has 166 valence electrons. The molecule has 2 aromatic carbocycles. The Balaban J connectivity index is 1.37. The average molecular weight is 454 g/mol. The standard InChI is InChI=1S/C24H24FN3O3S/c25-19-10-8-18(9-11-19)15-28-23(30)22-20(12-14-32-22)27(24(28)31)16-21(29)26-13-4-7-17-5-2-1-3-6-17/h1-3,5-6,8-12,14,20,22H,4,7,13,15-16H2,(H,26,29). The predicted molar refractivity (Wildman–Crippen MR) is 121 cm³/mol. The van der Waals surface area contributed by atoms with Gasteiger partial charge < -0.3 is 10.2 Å². The van der Waals surface area contributed by atoms with Gasteiger partial charge in [-0.25, -0.2) is 9.18 Å². The summed E-state index contributed by atoms with van der Waals surface area (Å²) in [5.41, 5.74) is 1.85. The van der Waals surface area contributed by atoms with Crippen molar-refractivity contribution < 1.29 is 18.8 Å². The summed E-state index contributed by atoms with van der Waals surface area (Å²) in [6.07, 6.45) is 3.44. The van der Waals surface area contributed by atoms with Crippen molar-refractivity contribution >= 4 is 29.6 Å². The van der Waals surface area contributed by atoms with Crippen LogP contribution in [0.15, 0.2) is 66.1 Å². The number of thioether (sulfide) groups is 1. The third-order valence-electron chi connectivity index (χ3n) is 5.53. The molecule has 6 nitrogen and oxygen atoms in total. The zero-order valence-electron chi connectivity index (χ0n) is 17.4. The van der Waals surface area contributed by atoms with Crippen LogP contribution in [0.3, 0.4) is 0 Å². The quantitative estimate of drug-likeness (QED) is 0.623. The highest BCUT2D eigenvalue weighted by Crippen LogP contribution is 2.34. The third kappa shape index (κ3) is 5.02. The number of halogens is 1. The number of hydrogen-bond acceptors (Lipinski definition) is 4. The summed E-state index contributed by atoms with van der Waals surface area (Å²) in [6, 6.07) is 14.8. The van der Waals surface area contributed by atoms with Crippen molar-refractivity contribution in [1.82, 2.24) is 15.1 Å². The highest BCUT2D eigenvalue weighted by atomic mass is 32.2. The number of fused-ring (bicyclic) bond motifs is 1. The van der Waals surface area contributed by atoms with Crippen LogP contribution in [0.2, 0.25) is 0 Å². The first kappa shape index (κ1) is 22.1. The van der Waals surface area contributed by atoms with Gasteiger partial charge in [0.2, 0.25) is 11.8 Å². The van der Waals surface area contributed by atoms with E-state index in [-0.39, 0.29) is 30.7 Å². The van der Waals surface area contributed by atoms with E-state index in [4.69, 9.17) is 0 Å². The molecular weight excluding hydrogens is 429 g/mol. The van der Waals surface area contributed by atoms with Crippen LogP contribution in [-0.2, 0) is 22.6 Å². The molecule has 0 bridgehead atoms. The second-order valence-corrected chi connectivity index (χ2v) is 8.83. The van der Waals surface area contributed by atoms with Crippen LogP contribution in [0.5, 0.6) is 0 Å². The molecule has 2 heterocycles. The van der Waals surface area contributed by atoms with Gasteiger partial charge in [0.1, 0.15) is 17.6 Å². The lowest BCUT2D eigenvalue weighted by Gasteiger charge is -2.40. The predicted octanol–water partition coefficient (Wildman–Crippen LogP) is 3.34. The van der Waals surface area contributed by atoms with Crippen molar-refractivity contribution in [2.24, 2.45) is 0 Å². The number of benzene rings is 2. The maximum absolute atomic E-state index is 13.2. The van der Waals surface area contributed by atoms with Crippen LogP contribution >= 0.6 is 11.8 Å². The van der Waals surface area contributed by atoms with Gasteiger partial charge in [0, 0.05) is 6.54 Å². The van der Waals surface area contributed by atoms with Gasteiger partial charge in [0.15, 0.2) is 0 Å². The summed E-state index contributed by atoms with van der Waals surface area (Å²) in [7, 11) is 0. The number of nitrogens with one attached hydrogen (secondary N) is 1. The van der Waals surface area contributed by atoms with Gasteiger partial charge in [-0.15, -0.1) is 11.8 Å². The summed E-state index contributed by atoms with van der Waals surface area (Å²) in [6.45, 7) is 0.424. The number of carbonyl (C=O) groups is 3. The van der Waals surface area contributed by atoms with E-state index in [9.17, 15) is 18.8 Å². The number of imide groups is 1. The minimum absolute atomic E-state index is 0.0386. The number of urea groups is 1. The summed E-state index contributed by atoms with van der Waals surface area (Å²) in [5.74, 6) is -0.934. The van der Waals surface area contributed by atoms with E-state index in [2.05, 4.69) is 5.32 Å². The van der Waals surface area contributed by atoms with Gasteiger partial charge in [-0.1, -0.05) is 48.5 Å². The molecule has 0 radical (unpaired) electrons. The lowest BCUT2D eigenvalue weighted by Crippen LogP contribution is -2.62. The van der Waals surface area contributed by atoms with Gasteiger partial charge in [0.05, 0.1) is 12.6 Å². The van der Waals surface area contributed by atoms with Crippen molar-refractivity contribution in [3.63, 3.8) is 0 Å². The molecule has 32 heavy (non-hydrogen) atoms. The van der Waals surface area contributed by atoms with Crippen LogP contribution in [-0.4, -0.2) is 52.0 Å². The van der Waals surface area contributed by atoms with Crippen LogP contribution in [0.1, 0.15) is 17.5 Å². The fourth-order valence-electron chi connectivity index (χ4n) is 3.86. The summed E-state index contributed by atoms with van der Waals surface area (Å²) < 4.78 is 13.2. The fraction of sp³-hybridized carbons (Fsp3) is 0.292. The lowest BCUT2D eigenvalue weighted by molar-refractivity contribution is -0.133. The first-order valence-corrected chi connectivity index (χ1v) is 11.5. The number of amides is 4. The van der Waals surface area contributed by atoms with Crippen LogP contribution in [0, 0.1) is 5.82 Å². The molecule has 0 aromatic heterocycles. The smallest absolute Gasteiger partial charge is 0.328 e. The third-order valence-corrected chi connectivity index (χ3v) is 6.62. The summed E-state index contributed by atoms with van der Waals surface area (Å²) in [4.78, 5) is 41.2. The van der Waals surface area contributed by atoms with Gasteiger partial charge in [-0.3, -0.25) is 14.5 Å². The molecule has 0 aliphatic carbocycles. The second kappa shape index (κ2) is 9.99. The summed E-state index contributed by atoms with van der Waals surface area (Å²) >= 11 is 1.35. The molecule has 1 N–H and O–H groups in total. The zero-order chi connectivity index (χ0) is 22.5. The molecule has 8 heteroatoms. The molecule has 1 saturated heterocycles. The van der Waals surface area contributed by atoms with Crippen LogP contribution in [0.25, 0.3) is 0 Å². The van der Waals surface area contributed by atoms with Gasteiger partial charge in [-0.05, 0) is 41.5 Å². The maximum Gasteiger partial charge on any atom is 0.328 e. The van der Waals surface area contributed by atoms with E-state index in [0.717, 1.165) is 17.7 Å². The number of carbonyl (C=O) groups excluding carboxylic acids is 3. The van der Waals surface area contributed by atoms with Crippen molar-refractivity contribution in [3.8, 4) is 0 Å². The van der Waals surface area contributed by atoms with E-state index in [0.29, 0.717) is 12.1 Å². The molecule has 4 amide bonds. The topological polar surface area (TPSA) is 69.7 Å². The van der Waals surface area contributed by atoms with Crippen LogP contribution < -0.4 is 5.32 Å². The van der Waals surface area contributed by atoms with Gasteiger partial charge in [0.25, 0.3) is 0 Å². The first-order chi connectivity index (χ1) is 15.5. The minimum Gasteiger partial charge on any atom is -0.355 e. The maximum atomic E-state index is 13.2.